The topological polar surface area (TPSA) is 72.6 Å². The minimum absolute atomic E-state index is 0.0344. The quantitative estimate of drug-likeness (QED) is 0.768. The molecule has 0 saturated carbocycles. The number of hydrogen-bond donors (Lipinski definition) is 0. The Labute approximate surface area is 116 Å². The summed E-state index contributed by atoms with van der Waals surface area (Å²) in [6, 6.07) is 3.53. The van der Waals surface area contributed by atoms with Crippen molar-refractivity contribution in [3.63, 3.8) is 0 Å². The van der Waals surface area contributed by atoms with E-state index < -0.39 is 0 Å². The van der Waals surface area contributed by atoms with Gasteiger partial charge in [-0.3, -0.25) is 4.79 Å². The monoisotopic (exact) mass is 275 g/mol. The summed E-state index contributed by atoms with van der Waals surface area (Å²) in [5.74, 6) is -0.0463. The molecule has 7 nitrogen and oxygen atoms in total. The second kappa shape index (κ2) is 5.16. The van der Waals surface area contributed by atoms with Gasteiger partial charge in [0.1, 0.15) is 0 Å². The van der Waals surface area contributed by atoms with Crippen LogP contribution < -0.4 is 0 Å². The number of carbonyl (C=O) groups excluding carboxylic acids is 1. The highest BCUT2D eigenvalue weighted by atomic mass is 16.5. The highest BCUT2D eigenvalue weighted by Crippen LogP contribution is 2.16. The van der Waals surface area contributed by atoms with Crippen molar-refractivity contribution < 1.29 is 9.53 Å². The molecule has 3 heterocycles. The maximum atomic E-state index is 12.7. The Morgan fingerprint density at radius 3 is 3.10 bits per heavy atom. The largest absolute Gasteiger partial charge is 0.374 e. The molecule has 7 heteroatoms. The van der Waals surface area contributed by atoms with Gasteiger partial charge in [-0.1, -0.05) is 0 Å². The third-order valence-electron chi connectivity index (χ3n) is 3.49. The van der Waals surface area contributed by atoms with Gasteiger partial charge in [-0.05, 0) is 42.8 Å². The number of aromatic nitrogens is 4. The molecule has 3 rings (SSSR count). The molecule has 2 atom stereocenters. The first-order valence-electron chi connectivity index (χ1n) is 6.76. The molecular formula is C13H17N5O2. The molecule has 1 fully saturated rings. The Hall–Kier alpha value is -2.02. The number of amides is 1. The summed E-state index contributed by atoms with van der Waals surface area (Å²) in [5.41, 5.74) is 1.02. The first-order valence-corrected chi connectivity index (χ1v) is 6.76. The molecule has 0 bridgehead atoms. The van der Waals surface area contributed by atoms with Crippen molar-refractivity contribution in [2.45, 2.75) is 32.5 Å². The number of rotatable bonds is 1. The van der Waals surface area contributed by atoms with Crippen molar-refractivity contribution >= 4 is 11.6 Å². The number of nitrogens with zero attached hydrogens (tertiary/aromatic N) is 5. The molecule has 2 aromatic heterocycles. The van der Waals surface area contributed by atoms with Crippen LogP contribution in [0.5, 0.6) is 0 Å². The lowest BCUT2D eigenvalue weighted by Crippen LogP contribution is -2.36. The van der Waals surface area contributed by atoms with Gasteiger partial charge in [0.05, 0.1) is 17.8 Å². The fourth-order valence-electron chi connectivity index (χ4n) is 2.54. The summed E-state index contributed by atoms with van der Waals surface area (Å²) in [6.45, 7) is 5.30. The Kier molecular flexibility index (Phi) is 3.35. The van der Waals surface area contributed by atoms with E-state index >= 15 is 0 Å². The van der Waals surface area contributed by atoms with Gasteiger partial charge in [0.15, 0.2) is 5.65 Å². The third kappa shape index (κ3) is 2.36. The molecule has 0 unspecified atom stereocenters. The summed E-state index contributed by atoms with van der Waals surface area (Å²) < 4.78 is 7.27. The zero-order valence-electron chi connectivity index (χ0n) is 11.6. The third-order valence-corrected chi connectivity index (χ3v) is 3.49. The Balaban J connectivity index is 1.90. The van der Waals surface area contributed by atoms with Gasteiger partial charge in [-0.15, -0.1) is 5.10 Å². The molecule has 0 spiro atoms. The summed E-state index contributed by atoms with van der Waals surface area (Å²) in [7, 11) is 0. The maximum absolute atomic E-state index is 12.7. The van der Waals surface area contributed by atoms with Crippen LogP contribution in [0.1, 0.15) is 30.6 Å². The van der Waals surface area contributed by atoms with E-state index in [1.54, 1.807) is 18.3 Å². The smallest absolute Gasteiger partial charge is 0.257 e. The maximum Gasteiger partial charge on any atom is 0.257 e. The van der Waals surface area contributed by atoms with Crippen molar-refractivity contribution in [1.29, 1.82) is 0 Å². The van der Waals surface area contributed by atoms with Gasteiger partial charge in [-0.2, -0.15) is 4.52 Å². The second-order valence-corrected chi connectivity index (χ2v) is 5.17. The van der Waals surface area contributed by atoms with Gasteiger partial charge >= 0.3 is 0 Å². The van der Waals surface area contributed by atoms with E-state index in [1.807, 2.05) is 18.7 Å². The van der Waals surface area contributed by atoms with Crippen LogP contribution in [0.15, 0.2) is 18.3 Å². The zero-order valence-corrected chi connectivity index (χ0v) is 11.6. The van der Waals surface area contributed by atoms with Crippen LogP contribution in [0.25, 0.3) is 5.65 Å². The predicted octanol–water partition coefficient (Wildman–Crippen LogP) is 0.764. The minimum Gasteiger partial charge on any atom is -0.374 e. The minimum atomic E-state index is -0.0463. The number of ether oxygens (including phenoxy) is 1. The molecule has 1 aliphatic heterocycles. The standard InChI is InChI=1S/C13H17N5O2/c1-9-5-7-17(8-10(2)20-9)13(19)11-4-3-6-18-12(11)14-15-16-18/h3-4,6,9-10H,5,7-8H2,1-2H3/t9-,10+/m1/s1. The molecule has 0 N–H and O–H groups in total. The molecule has 20 heavy (non-hydrogen) atoms. The fourth-order valence-corrected chi connectivity index (χ4v) is 2.54. The highest BCUT2D eigenvalue weighted by Gasteiger charge is 2.25. The van der Waals surface area contributed by atoms with Gasteiger partial charge in [0.2, 0.25) is 0 Å². The van der Waals surface area contributed by atoms with Crippen LogP contribution in [-0.4, -0.2) is 56.1 Å². The summed E-state index contributed by atoms with van der Waals surface area (Å²) in [5, 5.41) is 11.3. The van der Waals surface area contributed by atoms with Crippen LogP contribution in [0.3, 0.4) is 0 Å². The first-order chi connectivity index (χ1) is 9.65. The van der Waals surface area contributed by atoms with E-state index in [2.05, 4.69) is 15.5 Å². The Bertz CT molecular complexity index is 626. The normalized spacial score (nSPS) is 23.8. The molecule has 0 aromatic carbocycles. The first kappa shape index (κ1) is 13.0. The number of carbonyl (C=O) groups is 1. The fraction of sp³-hybridized carbons (Fsp3) is 0.538. The van der Waals surface area contributed by atoms with Crippen LogP contribution in [0.4, 0.5) is 0 Å². The van der Waals surface area contributed by atoms with Crippen molar-refractivity contribution in [3.05, 3.63) is 23.9 Å². The van der Waals surface area contributed by atoms with Gasteiger partial charge in [0, 0.05) is 19.3 Å². The lowest BCUT2D eigenvalue weighted by atomic mass is 10.2. The molecule has 1 saturated heterocycles. The van der Waals surface area contributed by atoms with Crippen molar-refractivity contribution in [2.75, 3.05) is 13.1 Å². The van der Waals surface area contributed by atoms with E-state index in [4.69, 9.17) is 4.74 Å². The molecular weight excluding hydrogens is 258 g/mol. The van der Waals surface area contributed by atoms with Crippen LogP contribution in [-0.2, 0) is 4.74 Å². The van der Waals surface area contributed by atoms with E-state index in [-0.39, 0.29) is 18.1 Å². The van der Waals surface area contributed by atoms with Crippen LogP contribution in [0.2, 0.25) is 0 Å². The number of fused-ring (bicyclic) bond motifs is 1. The van der Waals surface area contributed by atoms with Crippen molar-refractivity contribution in [2.24, 2.45) is 0 Å². The average Bonchev–Trinajstić information content (AvgIpc) is 2.83. The van der Waals surface area contributed by atoms with E-state index in [0.29, 0.717) is 24.3 Å². The lowest BCUT2D eigenvalue weighted by molar-refractivity contribution is 0.0141. The van der Waals surface area contributed by atoms with Gasteiger partial charge in [-0.25, -0.2) is 0 Å². The predicted molar refractivity (Wildman–Crippen MR) is 71.3 cm³/mol. The average molecular weight is 275 g/mol. The molecule has 1 aliphatic rings. The highest BCUT2D eigenvalue weighted by molar-refractivity contribution is 5.99. The van der Waals surface area contributed by atoms with Gasteiger partial charge < -0.3 is 9.64 Å². The Morgan fingerprint density at radius 1 is 1.40 bits per heavy atom. The lowest BCUT2D eigenvalue weighted by Gasteiger charge is -2.22. The van der Waals surface area contributed by atoms with Gasteiger partial charge in [0.25, 0.3) is 5.91 Å². The molecule has 2 aromatic rings. The molecule has 0 radical (unpaired) electrons. The number of tetrazole rings is 1. The molecule has 106 valence electrons. The van der Waals surface area contributed by atoms with E-state index in [0.717, 1.165) is 6.42 Å². The summed E-state index contributed by atoms with van der Waals surface area (Å²) in [4.78, 5) is 14.5. The second-order valence-electron chi connectivity index (χ2n) is 5.17. The number of hydrogen-bond acceptors (Lipinski definition) is 5. The summed E-state index contributed by atoms with van der Waals surface area (Å²) in [6.07, 6.45) is 2.77. The van der Waals surface area contributed by atoms with Crippen LogP contribution >= 0.6 is 0 Å². The zero-order chi connectivity index (χ0) is 14.1. The van der Waals surface area contributed by atoms with Crippen LogP contribution in [0, 0.1) is 0 Å². The van der Waals surface area contributed by atoms with Crippen molar-refractivity contribution in [1.82, 2.24) is 24.9 Å². The summed E-state index contributed by atoms with van der Waals surface area (Å²) >= 11 is 0. The van der Waals surface area contributed by atoms with Crippen molar-refractivity contribution in [3.8, 4) is 0 Å². The number of pyridine rings is 1. The van der Waals surface area contributed by atoms with E-state index in [1.165, 1.54) is 4.52 Å². The Morgan fingerprint density at radius 2 is 2.25 bits per heavy atom. The molecule has 1 amide bonds. The SMILES string of the molecule is C[C@@H]1CCN(C(=O)c2cccn3nnnc23)C[C@H](C)O1. The van der Waals surface area contributed by atoms with E-state index in [9.17, 15) is 4.79 Å². The molecule has 0 aliphatic carbocycles.